The van der Waals surface area contributed by atoms with E-state index in [0.29, 0.717) is 10.6 Å². The van der Waals surface area contributed by atoms with Crippen LogP contribution < -0.4 is 4.90 Å². The van der Waals surface area contributed by atoms with Crippen molar-refractivity contribution in [1.29, 1.82) is 0 Å². The number of halogens is 1. The normalized spacial score (nSPS) is 21.8. The molecule has 4 heteroatoms. The molecule has 100 valence electrons. The molecule has 0 N–H and O–H groups in total. The quantitative estimate of drug-likeness (QED) is 0.775. The third-order valence-corrected chi connectivity index (χ3v) is 4.15. The number of hydrogen-bond donors (Lipinski definition) is 0. The first-order valence-corrected chi connectivity index (χ1v) is 7.08. The van der Waals surface area contributed by atoms with Crippen LogP contribution in [0.3, 0.4) is 0 Å². The maximum absolute atomic E-state index is 6.12. The highest BCUT2D eigenvalue weighted by molar-refractivity contribution is 6.31. The second kappa shape index (κ2) is 5.43. The summed E-state index contributed by atoms with van der Waals surface area (Å²) in [5.41, 5.74) is 0.391. The van der Waals surface area contributed by atoms with Crippen LogP contribution in [0.5, 0.6) is 0 Å². The second-order valence-corrected chi connectivity index (χ2v) is 6.51. The molecule has 18 heavy (non-hydrogen) atoms. The Labute approximate surface area is 115 Å². The lowest BCUT2D eigenvalue weighted by molar-refractivity contribution is 0.220. The van der Waals surface area contributed by atoms with E-state index in [4.69, 9.17) is 11.6 Å². The molecule has 0 radical (unpaired) electrons. The van der Waals surface area contributed by atoms with Gasteiger partial charge in [-0.2, -0.15) is 0 Å². The van der Waals surface area contributed by atoms with E-state index in [-0.39, 0.29) is 0 Å². The van der Waals surface area contributed by atoms with Crippen molar-refractivity contribution >= 4 is 17.4 Å². The van der Waals surface area contributed by atoms with E-state index < -0.39 is 0 Å². The first kappa shape index (κ1) is 13.6. The molecule has 0 aliphatic carbocycles. The van der Waals surface area contributed by atoms with E-state index in [9.17, 15) is 0 Å². The van der Waals surface area contributed by atoms with Gasteiger partial charge in [0, 0.05) is 25.5 Å². The van der Waals surface area contributed by atoms with Crippen LogP contribution in [0.1, 0.15) is 40.0 Å². The van der Waals surface area contributed by atoms with Gasteiger partial charge in [-0.25, -0.2) is 9.97 Å². The summed E-state index contributed by atoms with van der Waals surface area (Å²) in [4.78, 5) is 10.8. The van der Waals surface area contributed by atoms with E-state index in [2.05, 4.69) is 35.6 Å². The van der Waals surface area contributed by atoms with Crippen molar-refractivity contribution in [1.82, 2.24) is 9.97 Å². The third kappa shape index (κ3) is 3.14. The van der Waals surface area contributed by atoms with Crippen molar-refractivity contribution in [3.8, 4) is 0 Å². The van der Waals surface area contributed by atoms with Crippen LogP contribution in [0, 0.1) is 11.3 Å². The molecule has 1 saturated heterocycles. The summed E-state index contributed by atoms with van der Waals surface area (Å²) in [6.07, 6.45) is 7.05. The van der Waals surface area contributed by atoms with Crippen LogP contribution in [0.15, 0.2) is 12.4 Å². The van der Waals surface area contributed by atoms with Gasteiger partial charge in [0.15, 0.2) is 11.0 Å². The zero-order chi connectivity index (χ0) is 13.2. The Bertz CT molecular complexity index is 400. The van der Waals surface area contributed by atoms with Crippen LogP contribution in [-0.4, -0.2) is 23.1 Å². The molecule has 3 nitrogen and oxygen atoms in total. The third-order valence-electron chi connectivity index (χ3n) is 3.89. The summed E-state index contributed by atoms with van der Waals surface area (Å²) in [5.74, 6) is 1.62. The zero-order valence-corrected chi connectivity index (χ0v) is 12.2. The molecule has 1 unspecified atom stereocenters. The smallest absolute Gasteiger partial charge is 0.171 e. The summed E-state index contributed by atoms with van der Waals surface area (Å²) in [6, 6.07) is 0. The fourth-order valence-electron chi connectivity index (χ4n) is 2.70. The Kier molecular flexibility index (Phi) is 4.10. The number of anilines is 1. The van der Waals surface area contributed by atoms with Gasteiger partial charge in [-0.3, -0.25) is 0 Å². The number of rotatable bonds is 1. The summed E-state index contributed by atoms with van der Waals surface area (Å²) in [5, 5.41) is 0.520. The molecule has 1 fully saturated rings. The van der Waals surface area contributed by atoms with Crippen molar-refractivity contribution in [2.45, 2.75) is 40.0 Å². The Morgan fingerprint density at radius 1 is 1.17 bits per heavy atom. The lowest BCUT2D eigenvalue weighted by atomic mass is 9.77. The fourth-order valence-corrected chi connectivity index (χ4v) is 2.92. The van der Waals surface area contributed by atoms with Crippen LogP contribution in [0.2, 0.25) is 5.15 Å². The minimum atomic E-state index is 0.391. The molecule has 2 heterocycles. The van der Waals surface area contributed by atoms with E-state index in [1.54, 1.807) is 12.4 Å². The van der Waals surface area contributed by atoms with Crippen molar-refractivity contribution in [2.24, 2.45) is 11.3 Å². The molecule has 0 amide bonds. The van der Waals surface area contributed by atoms with Gasteiger partial charge in [-0.05, 0) is 30.6 Å². The zero-order valence-electron chi connectivity index (χ0n) is 11.5. The molecule has 2 rings (SSSR count). The van der Waals surface area contributed by atoms with Gasteiger partial charge in [0.2, 0.25) is 0 Å². The Morgan fingerprint density at radius 2 is 1.89 bits per heavy atom. The average molecular weight is 268 g/mol. The van der Waals surface area contributed by atoms with Crippen LogP contribution >= 0.6 is 11.6 Å². The number of aromatic nitrogens is 2. The summed E-state index contributed by atoms with van der Waals surface area (Å²) in [6.45, 7) is 9.07. The van der Waals surface area contributed by atoms with Gasteiger partial charge in [-0.1, -0.05) is 32.4 Å². The van der Waals surface area contributed by atoms with Crippen LogP contribution in [-0.2, 0) is 0 Å². The van der Waals surface area contributed by atoms with E-state index >= 15 is 0 Å². The minimum absolute atomic E-state index is 0.391. The SMILES string of the molecule is CC(C)(C)C1CCCN(c2nccnc2Cl)CC1. The predicted octanol–water partition coefficient (Wildman–Crippen LogP) is 3.78. The van der Waals surface area contributed by atoms with E-state index in [1.807, 2.05) is 0 Å². The Balaban J connectivity index is 2.08. The lowest BCUT2D eigenvalue weighted by Gasteiger charge is -2.29. The maximum Gasteiger partial charge on any atom is 0.171 e. The number of hydrogen-bond acceptors (Lipinski definition) is 3. The predicted molar refractivity (Wildman–Crippen MR) is 76.1 cm³/mol. The van der Waals surface area contributed by atoms with Crippen molar-refractivity contribution < 1.29 is 0 Å². The van der Waals surface area contributed by atoms with Crippen LogP contribution in [0.25, 0.3) is 0 Å². The minimum Gasteiger partial charge on any atom is -0.354 e. The molecular weight excluding hydrogens is 246 g/mol. The summed E-state index contributed by atoms with van der Waals surface area (Å²) < 4.78 is 0. The van der Waals surface area contributed by atoms with Crippen molar-refractivity contribution in [2.75, 3.05) is 18.0 Å². The summed E-state index contributed by atoms with van der Waals surface area (Å²) >= 11 is 6.12. The van der Waals surface area contributed by atoms with Gasteiger partial charge in [0.25, 0.3) is 0 Å². The Hall–Kier alpha value is -0.830. The molecule has 1 aliphatic rings. The highest BCUT2D eigenvalue weighted by Gasteiger charge is 2.27. The monoisotopic (exact) mass is 267 g/mol. The lowest BCUT2D eigenvalue weighted by Crippen LogP contribution is -2.27. The molecule has 1 aromatic heterocycles. The average Bonchev–Trinajstić information content (AvgIpc) is 2.54. The van der Waals surface area contributed by atoms with Gasteiger partial charge in [0.05, 0.1) is 0 Å². The molecule has 0 spiro atoms. The first-order valence-electron chi connectivity index (χ1n) is 6.70. The highest BCUT2D eigenvalue weighted by Crippen LogP contribution is 2.35. The van der Waals surface area contributed by atoms with Gasteiger partial charge < -0.3 is 4.90 Å². The van der Waals surface area contributed by atoms with E-state index in [1.165, 1.54) is 19.3 Å². The molecule has 1 atom stereocenters. The maximum atomic E-state index is 6.12. The van der Waals surface area contributed by atoms with Crippen molar-refractivity contribution in [3.63, 3.8) is 0 Å². The van der Waals surface area contributed by atoms with E-state index in [0.717, 1.165) is 24.8 Å². The fraction of sp³-hybridized carbons (Fsp3) is 0.714. The second-order valence-electron chi connectivity index (χ2n) is 6.15. The molecular formula is C14H22ClN3. The van der Waals surface area contributed by atoms with Crippen molar-refractivity contribution in [3.05, 3.63) is 17.5 Å². The molecule has 0 saturated carbocycles. The molecule has 0 aromatic carbocycles. The van der Waals surface area contributed by atoms with Gasteiger partial charge >= 0.3 is 0 Å². The van der Waals surface area contributed by atoms with Gasteiger partial charge in [-0.15, -0.1) is 0 Å². The highest BCUT2D eigenvalue weighted by atomic mass is 35.5. The first-order chi connectivity index (χ1) is 8.48. The van der Waals surface area contributed by atoms with Gasteiger partial charge in [0.1, 0.15) is 0 Å². The molecule has 1 aliphatic heterocycles. The molecule has 0 bridgehead atoms. The topological polar surface area (TPSA) is 29.0 Å². The largest absolute Gasteiger partial charge is 0.354 e. The number of nitrogens with zero attached hydrogens (tertiary/aromatic N) is 3. The molecule has 1 aromatic rings. The Morgan fingerprint density at radius 3 is 2.56 bits per heavy atom. The van der Waals surface area contributed by atoms with Crippen LogP contribution in [0.4, 0.5) is 5.82 Å². The standard InChI is InChI=1S/C14H22ClN3/c1-14(2,3)11-5-4-9-18(10-6-11)13-12(15)16-7-8-17-13/h7-8,11H,4-6,9-10H2,1-3H3. The summed E-state index contributed by atoms with van der Waals surface area (Å²) in [7, 11) is 0.